The quantitative estimate of drug-likeness (QED) is 0.669. The lowest BCUT2D eigenvalue weighted by Crippen LogP contribution is -2.40. The largest absolute Gasteiger partial charge is 0.497 e. The highest BCUT2D eigenvalue weighted by molar-refractivity contribution is 7.99. The highest BCUT2D eigenvalue weighted by Crippen LogP contribution is 2.30. The van der Waals surface area contributed by atoms with Crippen LogP contribution in [0.15, 0.2) is 27.8 Å². The van der Waals surface area contributed by atoms with Crippen molar-refractivity contribution in [2.24, 2.45) is 0 Å². The van der Waals surface area contributed by atoms with Gasteiger partial charge in [0, 0.05) is 18.2 Å². The van der Waals surface area contributed by atoms with Crippen molar-refractivity contribution in [2.75, 3.05) is 26.5 Å². The fraction of sp³-hybridized carbons (Fsp3) is 0.375. The van der Waals surface area contributed by atoms with Crippen molar-refractivity contribution in [1.29, 1.82) is 0 Å². The van der Waals surface area contributed by atoms with Crippen LogP contribution in [0, 0.1) is 0 Å². The Bertz CT molecular complexity index is 743. The molecule has 0 saturated carbocycles. The van der Waals surface area contributed by atoms with E-state index in [1.54, 1.807) is 32.4 Å². The van der Waals surface area contributed by atoms with Gasteiger partial charge in [0.25, 0.3) is 5.22 Å². The van der Waals surface area contributed by atoms with Gasteiger partial charge in [0.05, 0.1) is 20.0 Å². The maximum absolute atomic E-state index is 11.7. The molecule has 0 radical (unpaired) electrons. The number of nitrogens with zero attached hydrogens (tertiary/aromatic N) is 2. The van der Waals surface area contributed by atoms with Gasteiger partial charge in [-0.15, -0.1) is 10.2 Å². The molecule has 3 amide bonds. The number of hydrogen-bond donors (Lipinski definition) is 2. The molecule has 0 fully saturated rings. The Hall–Kier alpha value is -2.75. The molecule has 140 valence electrons. The minimum absolute atomic E-state index is 0.0252. The third-order valence-corrected chi connectivity index (χ3v) is 3.94. The first-order valence-electron chi connectivity index (χ1n) is 7.83. The van der Waals surface area contributed by atoms with E-state index >= 15 is 0 Å². The van der Waals surface area contributed by atoms with Crippen molar-refractivity contribution in [3.63, 3.8) is 0 Å². The van der Waals surface area contributed by atoms with E-state index in [1.165, 1.54) is 0 Å². The van der Waals surface area contributed by atoms with E-state index in [0.29, 0.717) is 23.6 Å². The lowest BCUT2D eigenvalue weighted by Gasteiger charge is -2.05. The molecule has 0 aliphatic rings. The number of ether oxygens (including phenoxy) is 2. The molecule has 0 saturated heterocycles. The van der Waals surface area contributed by atoms with Gasteiger partial charge in [0.1, 0.15) is 11.5 Å². The van der Waals surface area contributed by atoms with Crippen molar-refractivity contribution in [2.45, 2.75) is 18.6 Å². The van der Waals surface area contributed by atoms with Crippen LogP contribution >= 0.6 is 11.8 Å². The summed E-state index contributed by atoms with van der Waals surface area (Å²) >= 11 is 1.03. The summed E-state index contributed by atoms with van der Waals surface area (Å²) in [6.07, 6.45) is 0.788. The summed E-state index contributed by atoms with van der Waals surface area (Å²) in [6, 6.07) is 4.67. The maximum atomic E-state index is 11.7. The average molecular weight is 380 g/mol. The third-order valence-electron chi connectivity index (χ3n) is 3.12. The number of carbonyl (C=O) groups is 2. The number of carbonyl (C=O) groups excluding carboxylic acids is 2. The minimum atomic E-state index is -0.521. The van der Waals surface area contributed by atoms with Crippen LogP contribution in [0.5, 0.6) is 11.5 Å². The molecule has 2 aromatic rings. The van der Waals surface area contributed by atoms with Gasteiger partial charge in [-0.2, -0.15) is 0 Å². The third kappa shape index (κ3) is 5.66. The van der Waals surface area contributed by atoms with E-state index in [9.17, 15) is 9.59 Å². The van der Waals surface area contributed by atoms with Crippen LogP contribution in [-0.2, 0) is 4.79 Å². The zero-order valence-electron chi connectivity index (χ0n) is 14.7. The molecule has 1 heterocycles. The lowest BCUT2D eigenvalue weighted by atomic mass is 10.2. The number of rotatable bonds is 8. The number of aromatic nitrogens is 2. The maximum Gasteiger partial charge on any atom is 0.321 e. The van der Waals surface area contributed by atoms with E-state index in [1.807, 2.05) is 6.92 Å². The first kappa shape index (κ1) is 19.6. The van der Waals surface area contributed by atoms with E-state index in [2.05, 4.69) is 20.8 Å². The van der Waals surface area contributed by atoms with Crippen LogP contribution in [0.2, 0.25) is 0 Å². The molecule has 10 heteroatoms. The second-order valence-electron chi connectivity index (χ2n) is 5.07. The molecule has 0 atom stereocenters. The molecule has 1 aromatic carbocycles. The summed E-state index contributed by atoms with van der Waals surface area (Å²) in [6.45, 7) is 2.42. The number of thioether (sulfide) groups is 1. The molecule has 1 aromatic heterocycles. The molecule has 9 nitrogen and oxygen atoms in total. The van der Waals surface area contributed by atoms with Gasteiger partial charge < -0.3 is 19.2 Å². The summed E-state index contributed by atoms with van der Waals surface area (Å²) in [5.41, 5.74) is 0.629. The molecule has 0 bridgehead atoms. The first-order chi connectivity index (χ1) is 12.5. The van der Waals surface area contributed by atoms with E-state index < -0.39 is 11.9 Å². The Morgan fingerprint density at radius 2 is 1.85 bits per heavy atom. The SMILES string of the molecule is CCCNC(=O)NC(=O)CSc1nnc(-c2cc(OC)cc(OC)c2)o1. The number of imide groups is 1. The van der Waals surface area contributed by atoms with Crippen LogP contribution in [-0.4, -0.2) is 48.7 Å². The van der Waals surface area contributed by atoms with Crippen LogP contribution in [0.1, 0.15) is 13.3 Å². The van der Waals surface area contributed by atoms with Gasteiger partial charge in [-0.1, -0.05) is 18.7 Å². The fourth-order valence-corrected chi connectivity index (χ4v) is 2.45. The highest BCUT2D eigenvalue weighted by atomic mass is 32.2. The van der Waals surface area contributed by atoms with Crippen molar-refractivity contribution in [3.05, 3.63) is 18.2 Å². The Morgan fingerprint density at radius 3 is 2.46 bits per heavy atom. The predicted molar refractivity (Wildman–Crippen MR) is 95.4 cm³/mol. The molecule has 2 rings (SSSR count). The van der Waals surface area contributed by atoms with E-state index in [0.717, 1.165) is 18.2 Å². The molecule has 0 unspecified atom stereocenters. The van der Waals surface area contributed by atoms with E-state index in [-0.39, 0.29) is 16.9 Å². The smallest absolute Gasteiger partial charge is 0.321 e. The number of methoxy groups -OCH3 is 2. The summed E-state index contributed by atoms with van der Waals surface area (Å²) in [5.74, 6) is 0.966. The van der Waals surface area contributed by atoms with Gasteiger partial charge in [0.2, 0.25) is 11.8 Å². The van der Waals surface area contributed by atoms with Crippen molar-refractivity contribution in [3.8, 4) is 23.0 Å². The number of urea groups is 1. The number of amides is 3. The summed E-state index contributed by atoms with van der Waals surface area (Å²) < 4.78 is 15.9. The Morgan fingerprint density at radius 1 is 1.15 bits per heavy atom. The first-order valence-corrected chi connectivity index (χ1v) is 8.81. The average Bonchev–Trinajstić information content (AvgIpc) is 3.13. The monoisotopic (exact) mass is 380 g/mol. The highest BCUT2D eigenvalue weighted by Gasteiger charge is 2.14. The normalized spacial score (nSPS) is 10.3. The molecule has 0 aliphatic heterocycles. The minimum Gasteiger partial charge on any atom is -0.497 e. The number of nitrogens with one attached hydrogen (secondary N) is 2. The Kier molecular flexibility index (Phi) is 7.27. The molecule has 26 heavy (non-hydrogen) atoms. The zero-order chi connectivity index (χ0) is 18.9. The fourth-order valence-electron chi connectivity index (χ4n) is 1.89. The van der Waals surface area contributed by atoms with Gasteiger partial charge >= 0.3 is 6.03 Å². The van der Waals surface area contributed by atoms with Gasteiger partial charge in [-0.25, -0.2) is 4.79 Å². The Labute approximate surface area is 154 Å². The van der Waals surface area contributed by atoms with Gasteiger partial charge in [0.15, 0.2) is 0 Å². The van der Waals surface area contributed by atoms with E-state index in [4.69, 9.17) is 13.9 Å². The molecular formula is C16H20N4O5S. The molecule has 2 N–H and O–H groups in total. The molecular weight excluding hydrogens is 360 g/mol. The van der Waals surface area contributed by atoms with Crippen LogP contribution in [0.4, 0.5) is 4.79 Å². The van der Waals surface area contributed by atoms with Crippen LogP contribution < -0.4 is 20.1 Å². The second kappa shape index (κ2) is 9.66. The standard InChI is InChI=1S/C16H20N4O5S/c1-4-5-17-15(22)18-13(21)9-26-16-20-19-14(25-16)10-6-11(23-2)8-12(7-10)24-3/h6-8H,4-5,9H2,1-3H3,(H2,17,18,21,22). The van der Waals surface area contributed by atoms with Crippen molar-refractivity contribution < 1.29 is 23.5 Å². The van der Waals surface area contributed by atoms with Crippen LogP contribution in [0.25, 0.3) is 11.5 Å². The summed E-state index contributed by atoms with van der Waals surface area (Å²) in [5, 5.41) is 12.8. The Balaban J connectivity index is 1.95. The van der Waals surface area contributed by atoms with Crippen LogP contribution in [0.3, 0.4) is 0 Å². The van der Waals surface area contributed by atoms with Gasteiger partial charge in [-0.05, 0) is 18.6 Å². The number of hydrogen-bond acceptors (Lipinski definition) is 8. The summed E-state index contributed by atoms with van der Waals surface area (Å²) in [7, 11) is 3.09. The summed E-state index contributed by atoms with van der Waals surface area (Å²) in [4.78, 5) is 23.1. The zero-order valence-corrected chi connectivity index (χ0v) is 15.5. The number of benzene rings is 1. The van der Waals surface area contributed by atoms with Gasteiger partial charge in [-0.3, -0.25) is 10.1 Å². The second-order valence-corrected chi connectivity index (χ2v) is 5.99. The lowest BCUT2D eigenvalue weighted by molar-refractivity contribution is -0.117. The van der Waals surface area contributed by atoms with Crippen molar-refractivity contribution >= 4 is 23.7 Å². The molecule has 0 aliphatic carbocycles. The topological polar surface area (TPSA) is 116 Å². The van der Waals surface area contributed by atoms with Crippen molar-refractivity contribution in [1.82, 2.24) is 20.8 Å². The predicted octanol–water partition coefficient (Wildman–Crippen LogP) is 2.08. The molecule has 0 spiro atoms.